The van der Waals surface area contributed by atoms with Crippen LogP contribution in [-0.2, 0) is 16.2 Å². The van der Waals surface area contributed by atoms with E-state index in [1.54, 1.807) is 18.2 Å². The van der Waals surface area contributed by atoms with Crippen molar-refractivity contribution in [2.24, 2.45) is 0 Å². The average molecular weight is 496 g/mol. The number of aromatic nitrogens is 1. The van der Waals surface area contributed by atoms with Crippen LogP contribution in [-0.4, -0.2) is 32.1 Å². The molecule has 2 aromatic carbocycles. The lowest BCUT2D eigenvalue weighted by Crippen LogP contribution is -2.26. The van der Waals surface area contributed by atoms with Crippen molar-refractivity contribution in [3.05, 3.63) is 60.3 Å². The summed E-state index contributed by atoms with van der Waals surface area (Å²) < 4.78 is 106. The molecule has 0 amide bonds. The van der Waals surface area contributed by atoms with Crippen LogP contribution in [0.15, 0.2) is 64.4 Å². The largest absolute Gasteiger partial charge is 0.573 e. The molecule has 0 aliphatic rings. The lowest BCUT2D eigenvalue weighted by Gasteiger charge is -2.12. The van der Waals surface area contributed by atoms with Crippen LogP contribution in [0, 0.1) is 0 Å². The molecule has 1 aromatic heterocycles. The van der Waals surface area contributed by atoms with Gasteiger partial charge in [0.15, 0.2) is 0 Å². The third-order valence-electron chi connectivity index (χ3n) is 3.99. The molecule has 5 nitrogen and oxygen atoms in total. The van der Waals surface area contributed by atoms with E-state index in [2.05, 4.69) is 14.4 Å². The molecule has 32 heavy (non-hydrogen) atoms. The number of sulfonamides is 1. The topological polar surface area (TPSA) is 68.3 Å². The highest BCUT2D eigenvalue weighted by molar-refractivity contribution is 7.99. The summed E-state index contributed by atoms with van der Waals surface area (Å²) in [5.74, 6) is -0.475. The Hall–Kier alpha value is -2.51. The number of benzene rings is 2. The second kappa shape index (κ2) is 9.16. The SMILES string of the molecule is O=S(=O)(NCCSc1cc(C(F)(F)F)nc2ccccc12)c1ccc(OC(F)(F)F)cc1. The van der Waals surface area contributed by atoms with Gasteiger partial charge in [-0.3, -0.25) is 0 Å². The zero-order valence-electron chi connectivity index (χ0n) is 15.9. The number of nitrogens with one attached hydrogen (secondary N) is 1. The fourth-order valence-electron chi connectivity index (χ4n) is 2.65. The Morgan fingerprint density at radius 3 is 2.25 bits per heavy atom. The van der Waals surface area contributed by atoms with Gasteiger partial charge in [0.2, 0.25) is 10.0 Å². The Labute approximate surface area is 182 Å². The van der Waals surface area contributed by atoms with Gasteiger partial charge in [0.05, 0.1) is 10.4 Å². The minimum absolute atomic E-state index is 0.0970. The van der Waals surface area contributed by atoms with Crippen LogP contribution in [0.25, 0.3) is 10.9 Å². The summed E-state index contributed by atoms with van der Waals surface area (Å²) in [5.41, 5.74) is -0.896. The summed E-state index contributed by atoms with van der Waals surface area (Å²) in [6, 6.07) is 10.8. The maximum atomic E-state index is 13.1. The van der Waals surface area contributed by atoms with Crippen molar-refractivity contribution in [2.75, 3.05) is 12.3 Å². The molecule has 0 atom stereocenters. The van der Waals surface area contributed by atoms with E-state index in [4.69, 9.17) is 0 Å². The number of alkyl halides is 6. The third-order valence-corrected chi connectivity index (χ3v) is 6.52. The Morgan fingerprint density at radius 1 is 0.969 bits per heavy atom. The fraction of sp³-hybridized carbons (Fsp3) is 0.211. The molecule has 13 heteroatoms. The molecule has 0 aliphatic carbocycles. The van der Waals surface area contributed by atoms with E-state index in [0.717, 1.165) is 42.1 Å². The molecule has 1 N–H and O–H groups in total. The monoisotopic (exact) mass is 496 g/mol. The first-order chi connectivity index (χ1) is 14.9. The molecule has 3 rings (SSSR count). The average Bonchev–Trinajstić information content (AvgIpc) is 2.69. The summed E-state index contributed by atoms with van der Waals surface area (Å²) in [5, 5.41) is 0.494. The number of ether oxygens (including phenoxy) is 1. The van der Waals surface area contributed by atoms with E-state index in [-0.39, 0.29) is 27.6 Å². The Balaban J connectivity index is 1.66. The van der Waals surface area contributed by atoms with Crippen molar-refractivity contribution in [3.63, 3.8) is 0 Å². The van der Waals surface area contributed by atoms with Crippen LogP contribution in [0.2, 0.25) is 0 Å². The van der Waals surface area contributed by atoms with Crippen molar-refractivity contribution < 1.29 is 39.5 Å². The standard InChI is InChI=1S/C19H14F6N2O3S2/c20-18(21,22)17-11-16(14-3-1-2-4-15(14)27-17)31-10-9-26-32(28,29)13-7-5-12(6-8-13)30-19(23,24)25/h1-8,11,26H,9-10H2. The van der Waals surface area contributed by atoms with Gasteiger partial charge in [-0.05, 0) is 36.4 Å². The number of hydrogen-bond acceptors (Lipinski definition) is 5. The Kier molecular flexibility index (Phi) is 6.91. The summed E-state index contributed by atoms with van der Waals surface area (Å²) in [4.78, 5) is 3.61. The van der Waals surface area contributed by atoms with Gasteiger partial charge in [-0.25, -0.2) is 18.1 Å². The zero-order chi connectivity index (χ0) is 23.6. The first-order valence-electron chi connectivity index (χ1n) is 8.80. The normalized spacial score (nSPS) is 12.8. The molecular formula is C19H14F6N2O3S2. The molecule has 0 spiro atoms. The summed E-state index contributed by atoms with van der Waals surface area (Å²) >= 11 is 1.01. The highest BCUT2D eigenvalue weighted by atomic mass is 32.2. The maximum Gasteiger partial charge on any atom is 0.573 e. The van der Waals surface area contributed by atoms with Gasteiger partial charge in [0.1, 0.15) is 11.4 Å². The number of nitrogens with zero attached hydrogens (tertiary/aromatic N) is 1. The molecule has 1 heterocycles. The van der Waals surface area contributed by atoms with Gasteiger partial charge in [0.25, 0.3) is 0 Å². The van der Waals surface area contributed by atoms with Crippen LogP contribution in [0.3, 0.4) is 0 Å². The van der Waals surface area contributed by atoms with Crippen LogP contribution in [0.5, 0.6) is 5.75 Å². The second-order valence-electron chi connectivity index (χ2n) is 6.29. The predicted molar refractivity (Wildman–Crippen MR) is 106 cm³/mol. The summed E-state index contributed by atoms with van der Waals surface area (Å²) in [6.45, 7) is -0.133. The lowest BCUT2D eigenvalue weighted by atomic mass is 10.2. The zero-order valence-corrected chi connectivity index (χ0v) is 17.5. The highest BCUT2D eigenvalue weighted by Gasteiger charge is 2.33. The van der Waals surface area contributed by atoms with E-state index in [0.29, 0.717) is 5.39 Å². The Bertz CT molecular complexity index is 1200. The van der Waals surface area contributed by atoms with Crippen LogP contribution in [0.4, 0.5) is 26.3 Å². The third kappa shape index (κ3) is 6.26. The van der Waals surface area contributed by atoms with Crippen LogP contribution < -0.4 is 9.46 Å². The predicted octanol–water partition coefficient (Wildman–Crippen LogP) is 5.22. The van der Waals surface area contributed by atoms with E-state index >= 15 is 0 Å². The molecule has 0 aliphatic heterocycles. The number of halogens is 6. The summed E-state index contributed by atoms with van der Waals surface area (Å²) in [7, 11) is -4.04. The molecule has 0 fully saturated rings. The molecule has 0 saturated heterocycles. The van der Waals surface area contributed by atoms with Gasteiger partial charge >= 0.3 is 12.5 Å². The van der Waals surface area contributed by atoms with E-state index < -0.39 is 34.0 Å². The smallest absolute Gasteiger partial charge is 0.406 e. The number of thioether (sulfide) groups is 1. The van der Waals surface area contributed by atoms with Crippen LogP contribution >= 0.6 is 11.8 Å². The maximum absolute atomic E-state index is 13.1. The first-order valence-corrected chi connectivity index (χ1v) is 11.3. The second-order valence-corrected chi connectivity index (χ2v) is 9.19. The van der Waals surface area contributed by atoms with E-state index in [1.807, 2.05) is 0 Å². The summed E-state index contributed by atoms with van der Waals surface area (Å²) in [6.07, 6.45) is -9.54. The minimum atomic E-state index is -4.90. The quantitative estimate of drug-likeness (QED) is 0.276. The van der Waals surface area contributed by atoms with Crippen molar-refractivity contribution in [1.29, 1.82) is 0 Å². The molecule has 3 aromatic rings. The van der Waals surface area contributed by atoms with Gasteiger partial charge < -0.3 is 4.74 Å². The number of fused-ring (bicyclic) bond motifs is 1. The van der Waals surface area contributed by atoms with Crippen molar-refractivity contribution in [1.82, 2.24) is 9.71 Å². The fourth-order valence-corrected chi connectivity index (χ4v) is 4.76. The molecular weight excluding hydrogens is 482 g/mol. The van der Waals surface area contributed by atoms with Crippen molar-refractivity contribution >= 4 is 32.7 Å². The highest BCUT2D eigenvalue weighted by Crippen LogP contribution is 2.34. The molecule has 0 unspecified atom stereocenters. The lowest BCUT2D eigenvalue weighted by molar-refractivity contribution is -0.274. The first kappa shape index (κ1) is 24.1. The Morgan fingerprint density at radius 2 is 1.62 bits per heavy atom. The number of hydrogen-bond donors (Lipinski definition) is 1. The molecule has 0 radical (unpaired) electrons. The minimum Gasteiger partial charge on any atom is -0.406 e. The van der Waals surface area contributed by atoms with Gasteiger partial charge in [-0.15, -0.1) is 24.9 Å². The number of para-hydroxylation sites is 1. The molecule has 0 saturated carbocycles. The van der Waals surface area contributed by atoms with E-state index in [9.17, 15) is 34.8 Å². The van der Waals surface area contributed by atoms with Gasteiger partial charge in [0, 0.05) is 22.6 Å². The van der Waals surface area contributed by atoms with Crippen molar-refractivity contribution in [2.45, 2.75) is 22.3 Å². The number of pyridine rings is 1. The molecule has 172 valence electrons. The van der Waals surface area contributed by atoms with Crippen molar-refractivity contribution in [3.8, 4) is 5.75 Å². The van der Waals surface area contributed by atoms with E-state index in [1.165, 1.54) is 6.07 Å². The van der Waals surface area contributed by atoms with Crippen LogP contribution in [0.1, 0.15) is 5.69 Å². The molecule has 0 bridgehead atoms. The van der Waals surface area contributed by atoms with Gasteiger partial charge in [-0.1, -0.05) is 18.2 Å². The number of rotatable bonds is 7. The van der Waals surface area contributed by atoms with Gasteiger partial charge in [-0.2, -0.15) is 13.2 Å².